The van der Waals surface area contributed by atoms with Crippen molar-refractivity contribution in [2.45, 2.75) is 6.92 Å². The standard InChI is InChI=1S/C12H12N2O3/c1-2-17-12(15)13-11-7-9-5-3-4-6-10(9)8-14(11)16/h3-8,16H,2H2,1H3/b13-11-. The van der Waals surface area contributed by atoms with Crippen LogP contribution in [0, 0.1) is 0 Å². The van der Waals surface area contributed by atoms with Crippen LogP contribution < -0.4 is 5.49 Å². The van der Waals surface area contributed by atoms with Crippen LogP contribution in [0.4, 0.5) is 4.79 Å². The Hall–Kier alpha value is -2.30. The van der Waals surface area contributed by atoms with Crippen LogP contribution in [0.15, 0.2) is 41.5 Å². The molecule has 1 aromatic heterocycles. The van der Waals surface area contributed by atoms with Gasteiger partial charge in [0.15, 0.2) is 5.49 Å². The number of fused-ring (bicyclic) bond motifs is 1. The molecule has 0 saturated heterocycles. The Morgan fingerprint density at radius 1 is 1.41 bits per heavy atom. The lowest BCUT2D eigenvalue weighted by Gasteiger charge is -2.02. The summed E-state index contributed by atoms with van der Waals surface area (Å²) in [7, 11) is 0. The van der Waals surface area contributed by atoms with E-state index in [4.69, 9.17) is 0 Å². The minimum atomic E-state index is -0.717. The van der Waals surface area contributed by atoms with Crippen LogP contribution in [0.1, 0.15) is 6.92 Å². The molecule has 0 unspecified atom stereocenters. The van der Waals surface area contributed by atoms with Crippen molar-refractivity contribution in [3.63, 3.8) is 0 Å². The topological polar surface area (TPSA) is 63.8 Å². The Labute approximate surface area is 97.6 Å². The monoisotopic (exact) mass is 232 g/mol. The first-order valence-electron chi connectivity index (χ1n) is 5.23. The molecule has 0 bridgehead atoms. The number of carbonyl (C=O) groups is 1. The van der Waals surface area contributed by atoms with Gasteiger partial charge in [0.25, 0.3) is 0 Å². The van der Waals surface area contributed by atoms with E-state index < -0.39 is 6.09 Å². The number of nitrogens with zero attached hydrogens (tertiary/aromatic N) is 2. The van der Waals surface area contributed by atoms with E-state index in [2.05, 4.69) is 9.73 Å². The molecule has 5 heteroatoms. The highest BCUT2D eigenvalue weighted by Crippen LogP contribution is 2.09. The second-order valence-electron chi connectivity index (χ2n) is 3.42. The fourth-order valence-corrected chi connectivity index (χ4v) is 1.50. The fraction of sp³-hybridized carbons (Fsp3) is 0.167. The van der Waals surface area contributed by atoms with Gasteiger partial charge >= 0.3 is 6.09 Å². The van der Waals surface area contributed by atoms with Crippen molar-refractivity contribution < 1.29 is 14.7 Å². The van der Waals surface area contributed by atoms with Crippen molar-refractivity contribution in [1.82, 2.24) is 4.73 Å². The molecule has 2 aromatic rings. The first-order chi connectivity index (χ1) is 8.20. The van der Waals surface area contributed by atoms with E-state index in [-0.39, 0.29) is 12.1 Å². The molecule has 2 rings (SSSR count). The molecule has 1 amide bonds. The van der Waals surface area contributed by atoms with Gasteiger partial charge in [-0.15, -0.1) is 0 Å². The van der Waals surface area contributed by atoms with Gasteiger partial charge in [0.2, 0.25) is 0 Å². The van der Waals surface area contributed by atoms with Crippen molar-refractivity contribution >= 4 is 16.9 Å². The predicted molar refractivity (Wildman–Crippen MR) is 61.7 cm³/mol. The Morgan fingerprint density at radius 2 is 2.12 bits per heavy atom. The average molecular weight is 232 g/mol. The van der Waals surface area contributed by atoms with Crippen LogP contribution in [-0.4, -0.2) is 22.6 Å². The van der Waals surface area contributed by atoms with Crippen molar-refractivity contribution in [3.8, 4) is 0 Å². The highest BCUT2D eigenvalue weighted by molar-refractivity contribution is 5.81. The van der Waals surface area contributed by atoms with Gasteiger partial charge in [-0.05, 0) is 18.4 Å². The normalized spacial score (nSPS) is 11.7. The van der Waals surface area contributed by atoms with Gasteiger partial charge in [-0.25, -0.2) is 4.79 Å². The molecule has 5 nitrogen and oxygen atoms in total. The van der Waals surface area contributed by atoms with E-state index in [1.807, 2.05) is 24.3 Å². The maximum atomic E-state index is 11.2. The van der Waals surface area contributed by atoms with Gasteiger partial charge in [0.05, 0.1) is 12.8 Å². The number of rotatable bonds is 1. The highest BCUT2D eigenvalue weighted by Gasteiger charge is 2.00. The summed E-state index contributed by atoms with van der Waals surface area (Å²) < 4.78 is 5.49. The summed E-state index contributed by atoms with van der Waals surface area (Å²) in [6.07, 6.45) is 0.776. The quantitative estimate of drug-likeness (QED) is 0.764. The number of pyridine rings is 1. The summed E-state index contributed by atoms with van der Waals surface area (Å²) in [5.41, 5.74) is 0.141. The molecule has 0 radical (unpaired) electrons. The molecule has 0 spiro atoms. The zero-order valence-corrected chi connectivity index (χ0v) is 9.33. The van der Waals surface area contributed by atoms with E-state index >= 15 is 0 Å². The van der Waals surface area contributed by atoms with E-state index in [0.29, 0.717) is 0 Å². The van der Waals surface area contributed by atoms with Gasteiger partial charge in [-0.2, -0.15) is 9.72 Å². The molecule has 0 saturated carbocycles. The minimum absolute atomic E-state index is 0.141. The smallest absolute Gasteiger partial charge is 0.435 e. The van der Waals surface area contributed by atoms with Gasteiger partial charge in [0, 0.05) is 5.39 Å². The minimum Gasteiger partial charge on any atom is -0.448 e. The predicted octanol–water partition coefficient (Wildman–Crippen LogP) is 1.94. The maximum absolute atomic E-state index is 11.2. The molecular weight excluding hydrogens is 220 g/mol. The largest absolute Gasteiger partial charge is 0.448 e. The highest BCUT2D eigenvalue weighted by atomic mass is 16.5. The number of hydrogen-bond donors (Lipinski definition) is 1. The zero-order valence-electron chi connectivity index (χ0n) is 9.33. The third-order valence-corrected chi connectivity index (χ3v) is 2.25. The molecule has 0 aliphatic carbocycles. The number of amides is 1. The Balaban J connectivity index is 2.54. The van der Waals surface area contributed by atoms with E-state index in [1.54, 1.807) is 13.0 Å². The third kappa shape index (κ3) is 2.44. The van der Waals surface area contributed by atoms with Gasteiger partial charge in [-0.3, -0.25) is 0 Å². The van der Waals surface area contributed by atoms with E-state index in [9.17, 15) is 10.0 Å². The first kappa shape index (κ1) is 11.2. The van der Waals surface area contributed by atoms with Crippen LogP contribution in [0.2, 0.25) is 0 Å². The molecule has 1 heterocycles. The summed E-state index contributed by atoms with van der Waals surface area (Å²) in [6.45, 7) is 1.95. The van der Waals surface area contributed by atoms with Crippen molar-refractivity contribution in [3.05, 3.63) is 42.0 Å². The Kier molecular flexibility index (Phi) is 3.09. The molecular formula is C12H12N2O3. The van der Waals surface area contributed by atoms with Crippen LogP contribution in [0.25, 0.3) is 10.8 Å². The van der Waals surface area contributed by atoms with Crippen molar-refractivity contribution in [2.75, 3.05) is 6.61 Å². The van der Waals surface area contributed by atoms with Gasteiger partial charge in [-0.1, -0.05) is 24.3 Å². The summed E-state index contributed by atoms with van der Waals surface area (Å²) >= 11 is 0. The summed E-state index contributed by atoms with van der Waals surface area (Å²) in [4.78, 5) is 14.8. The second kappa shape index (κ2) is 4.69. The average Bonchev–Trinajstić information content (AvgIpc) is 2.30. The molecule has 88 valence electrons. The summed E-state index contributed by atoms with van der Waals surface area (Å²) in [6, 6.07) is 9.09. The second-order valence-corrected chi connectivity index (χ2v) is 3.42. The summed E-state index contributed by atoms with van der Waals surface area (Å²) in [5, 5.41) is 11.4. The van der Waals surface area contributed by atoms with E-state index in [0.717, 1.165) is 15.5 Å². The van der Waals surface area contributed by atoms with Crippen LogP contribution in [0.3, 0.4) is 0 Å². The molecule has 0 fully saturated rings. The molecule has 0 aliphatic heterocycles. The van der Waals surface area contributed by atoms with Crippen LogP contribution in [-0.2, 0) is 4.74 Å². The number of hydrogen-bond acceptors (Lipinski definition) is 3. The molecule has 0 atom stereocenters. The maximum Gasteiger partial charge on any atom is 0.435 e. The van der Waals surface area contributed by atoms with E-state index in [1.165, 1.54) is 6.20 Å². The van der Waals surface area contributed by atoms with Gasteiger partial charge < -0.3 is 9.94 Å². The lowest BCUT2D eigenvalue weighted by atomic mass is 10.2. The van der Waals surface area contributed by atoms with Gasteiger partial charge in [0.1, 0.15) is 0 Å². The number of ether oxygens (including phenoxy) is 1. The lowest BCUT2D eigenvalue weighted by molar-refractivity contribution is 0.154. The number of carbonyl (C=O) groups excluding carboxylic acids is 1. The van der Waals surface area contributed by atoms with Crippen molar-refractivity contribution in [1.29, 1.82) is 0 Å². The molecule has 1 N–H and O–H groups in total. The third-order valence-electron chi connectivity index (χ3n) is 2.25. The van der Waals surface area contributed by atoms with Crippen LogP contribution >= 0.6 is 0 Å². The zero-order chi connectivity index (χ0) is 12.3. The molecule has 17 heavy (non-hydrogen) atoms. The SMILES string of the molecule is CCOC(=O)/N=c1/cc2ccccc2cn1O. The van der Waals surface area contributed by atoms with Crippen LogP contribution in [0.5, 0.6) is 0 Å². The first-order valence-corrected chi connectivity index (χ1v) is 5.23. The molecule has 0 aliphatic rings. The Morgan fingerprint density at radius 3 is 2.82 bits per heavy atom. The lowest BCUT2D eigenvalue weighted by Crippen LogP contribution is -2.20. The fourth-order valence-electron chi connectivity index (χ4n) is 1.50. The number of aromatic nitrogens is 1. The number of benzene rings is 1. The Bertz CT molecular complexity index is 616. The summed E-state index contributed by atoms with van der Waals surface area (Å²) in [5.74, 6) is 0. The molecule has 1 aromatic carbocycles. The van der Waals surface area contributed by atoms with Crippen molar-refractivity contribution in [2.24, 2.45) is 4.99 Å².